The Morgan fingerprint density at radius 3 is 2.50 bits per heavy atom. The van der Waals surface area contributed by atoms with E-state index in [1.807, 2.05) is 0 Å². The largest absolute Gasteiger partial charge is 0.0654 e. The van der Waals surface area contributed by atoms with Gasteiger partial charge in [0, 0.05) is 0 Å². The zero-order valence-corrected chi connectivity index (χ0v) is 10.6. The molecular weight excluding hydrogens is 168 g/mol. The minimum Gasteiger partial charge on any atom is -0.0654 e. The maximum absolute atomic E-state index is 2.54. The second-order valence-corrected chi connectivity index (χ2v) is 5.79. The van der Waals surface area contributed by atoms with E-state index in [-0.39, 0.29) is 0 Å². The average Bonchev–Trinajstić information content (AvgIpc) is 2.38. The zero-order chi connectivity index (χ0) is 10.6. The van der Waals surface area contributed by atoms with Crippen LogP contribution < -0.4 is 0 Å². The first-order valence-electron chi connectivity index (χ1n) is 6.62. The van der Waals surface area contributed by atoms with Crippen LogP contribution in [0.15, 0.2) is 0 Å². The van der Waals surface area contributed by atoms with E-state index < -0.39 is 0 Å². The van der Waals surface area contributed by atoms with Gasteiger partial charge in [-0.05, 0) is 42.9 Å². The van der Waals surface area contributed by atoms with Gasteiger partial charge in [-0.3, -0.25) is 0 Å². The van der Waals surface area contributed by atoms with E-state index in [1.165, 1.54) is 44.9 Å². The molecule has 84 valence electrons. The van der Waals surface area contributed by atoms with E-state index in [4.69, 9.17) is 0 Å². The molecule has 0 heterocycles. The number of hydrogen-bond acceptors (Lipinski definition) is 0. The lowest BCUT2D eigenvalue weighted by atomic mass is 9.74. The fourth-order valence-corrected chi connectivity index (χ4v) is 3.61. The minimum absolute atomic E-state index is 0.684. The van der Waals surface area contributed by atoms with Crippen molar-refractivity contribution in [3.63, 3.8) is 0 Å². The van der Waals surface area contributed by atoms with E-state index in [0.29, 0.717) is 5.41 Å². The molecule has 0 saturated heterocycles. The molecule has 1 rings (SSSR count). The molecule has 3 unspecified atom stereocenters. The Hall–Kier alpha value is 0. The van der Waals surface area contributed by atoms with Gasteiger partial charge in [0.05, 0.1) is 0 Å². The van der Waals surface area contributed by atoms with Crippen molar-refractivity contribution < 1.29 is 0 Å². The standard InChI is InChI=1S/C14H28/c1-5-7-8-13-10-12(3)11-14(13,4)9-6-2/h12-13H,5-11H2,1-4H3. The highest BCUT2D eigenvalue weighted by atomic mass is 14.5. The Bertz CT molecular complexity index is 161. The van der Waals surface area contributed by atoms with Crippen molar-refractivity contribution in [3.8, 4) is 0 Å². The quantitative estimate of drug-likeness (QED) is 0.578. The fourth-order valence-electron chi connectivity index (χ4n) is 3.61. The highest BCUT2D eigenvalue weighted by Gasteiger charge is 2.40. The van der Waals surface area contributed by atoms with Crippen molar-refractivity contribution in [2.75, 3.05) is 0 Å². The van der Waals surface area contributed by atoms with Gasteiger partial charge in [-0.15, -0.1) is 0 Å². The van der Waals surface area contributed by atoms with Crippen molar-refractivity contribution in [1.29, 1.82) is 0 Å². The highest BCUT2D eigenvalue weighted by molar-refractivity contribution is 4.90. The van der Waals surface area contributed by atoms with Gasteiger partial charge < -0.3 is 0 Å². The monoisotopic (exact) mass is 196 g/mol. The molecule has 0 heteroatoms. The van der Waals surface area contributed by atoms with Crippen LogP contribution in [0.25, 0.3) is 0 Å². The molecule has 1 saturated carbocycles. The van der Waals surface area contributed by atoms with Crippen molar-refractivity contribution >= 4 is 0 Å². The Balaban J connectivity index is 2.52. The van der Waals surface area contributed by atoms with Gasteiger partial charge in [-0.25, -0.2) is 0 Å². The highest BCUT2D eigenvalue weighted by Crippen LogP contribution is 2.51. The predicted molar refractivity (Wildman–Crippen MR) is 64.4 cm³/mol. The zero-order valence-electron chi connectivity index (χ0n) is 10.6. The summed E-state index contributed by atoms with van der Waals surface area (Å²) in [5.74, 6) is 2.01. The average molecular weight is 196 g/mol. The minimum atomic E-state index is 0.684. The molecule has 14 heavy (non-hydrogen) atoms. The van der Waals surface area contributed by atoms with Gasteiger partial charge in [0.2, 0.25) is 0 Å². The maximum atomic E-state index is 2.54. The van der Waals surface area contributed by atoms with Crippen LogP contribution in [0.2, 0.25) is 0 Å². The first-order chi connectivity index (χ1) is 6.62. The molecule has 0 aromatic heterocycles. The van der Waals surface area contributed by atoms with E-state index in [1.54, 1.807) is 0 Å². The lowest BCUT2D eigenvalue weighted by Crippen LogP contribution is -2.21. The Kier molecular flexibility index (Phi) is 4.47. The van der Waals surface area contributed by atoms with Gasteiger partial charge in [0.1, 0.15) is 0 Å². The van der Waals surface area contributed by atoms with Crippen LogP contribution in [-0.2, 0) is 0 Å². The van der Waals surface area contributed by atoms with Gasteiger partial charge in [0.25, 0.3) is 0 Å². The van der Waals surface area contributed by atoms with Gasteiger partial charge in [0.15, 0.2) is 0 Å². The first kappa shape index (κ1) is 12.1. The topological polar surface area (TPSA) is 0 Å². The molecule has 3 atom stereocenters. The third-order valence-electron chi connectivity index (χ3n) is 4.21. The molecule has 0 aromatic carbocycles. The first-order valence-corrected chi connectivity index (χ1v) is 6.62. The predicted octanol–water partition coefficient (Wildman–Crippen LogP) is 5.03. The summed E-state index contributed by atoms with van der Waals surface area (Å²) in [5, 5.41) is 0. The summed E-state index contributed by atoms with van der Waals surface area (Å²) in [5.41, 5.74) is 0.684. The van der Waals surface area contributed by atoms with Crippen molar-refractivity contribution in [1.82, 2.24) is 0 Å². The second kappa shape index (κ2) is 5.19. The summed E-state index contributed by atoms with van der Waals surface area (Å²) in [6.45, 7) is 9.64. The number of unbranched alkanes of at least 4 members (excludes halogenated alkanes) is 1. The normalized spacial score (nSPS) is 37.7. The molecule has 0 amide bonds. The molecule has 1 aliphatic rings. The van der Waals surface area contributed by atoms with Gasteiger partial charge in [-0.1, -0.05) is 47.0 Å². The molecule has 0 radical (unpaired) electrons. The number of rotatable bonds is 5. The Morgan fingerprint density at radius 1 is 1.21 bits per heavy atom. The smallest absolute Gasteiger partial charge is 0.0295 e. The summed E-state index contributed by atoms with van der Waals surface area (Å²) in [4.78, 5) is 0. The van der Waals surface area contributed by atoms with E-state index in [0.717, 1.165) is 11.8 Å². The molecule has 1 aliphatic carbocycles. The summed E-state index contributed by atoms with van der Waals surface area (Å²) in [6.07, 6.45) is 10.1. The molecule has 0 bridgehead atoms. The maximum Gasteiger partial charge on any atom is -0.0295 e. The lowest BCUT2D eigenvalue weighted by Gasteiger charge is -2.31. The molecule has 0 N–H and O–H groups in total. The van der Waals surface area contributed by atoms with Crippen LogP contribution >= 0.6 is 0 Å². The molecule has 0 aliphatic heterocycles. The van der Waals surface area contributed by atoms with Crippen molar-refractivity contribution in [2.24, 2.45) is 17.3 Å². The van der Waals surface area contributed by atoms with Crippen LogP contribution in [0.4, 0.5) is 0 Å². The van der Waals surface area contributed by atoms with Gasteiger partial charge in [-0.2, -0.15) is 0 Å². The van der Waals surface area contributed by atoms with Crippen molar-refractivity contribution in [2.45, 2.75) is 72.6 Å². The summed E-state index contributed by atoms with van der Waals surface area (Å²) >= 11 is 0. The van der Waals surface area contributed by atoms with E-state index in [9.17, 15) is 0 Å². The van der Waals surface area contributed by atoms with Crippen LogP contribution in [-0.4, -0.2) is 0 Å². The van der Waals surface area contributed by atoms with E-state index >= 15 is 0 Å². The SMILES string of the molecule is CCCCC1CC(C)CC1(C)CCC. The van der Waals surface area contributed by atoms with Crippen LogP contribution in [0.5, 0.6) is 0 Å². The van der Waals surface area contributed by atoms with Crippen LogP contribution in [0, 0.1) is 17.3 Å². The fraction of sp³-hybridized carbons (Fsp3) is 1.00. The van der Waals surface area contributed by atoms with Crippen LogP contribution in [0.1, 0.15) is 72.6 Å². The molecule has 0 aromatic rings. The molecular formula is C14H28. The van der Waals surface area contributed by atoms with Crippen molar-refractivity contribution in [3.05, 3.63) is 0 Å². The number of hydrogen-bond donors (Lipinski definition) is 0. The summed E-state index contributed by atoms with van der Waals surface area (Å²) in [6, 6.07) is 0. The van der Waals surface area contributed by atoms with Gasteiger partial charge >= 0.3 is 0 Å². The molecule has 0 spiro atoms. The Morgan fingerprint density at radius 2 is 1.93 bits per heavy atom. The van der Waals surface area contributed by atoms with E-state index in [2.05, 4.69) is 27.7 Å². The lowest BCUT2D eigenvalue weighted by molar-refractivity contribution is 0.192. The summed E-state index contributed by atoms with van der Waals surface area (Å²) < 4.78 is 0. The molecule has 1 fully saturated rings. The summed E-state index contributed by atoms with van der Waals surface area (Å²) in [7, 11) is 0. The molecule has 0 nitrogen and oxygen atoms in total. The second-order valence-electron chi connectivity index (χ2n) is 5.79. The van der Waals surface area contributed by atoms with Crippen LogP contribution in [0.3, 0.4) is 0 Å². The third kappa shape index (κ3) is 2.74. The third-order valence-corrected chi connectivity index (χ3v) is 4.21. The Labute approximate surface area is 90.5 Å².